The Hall–Kier alpha value is -0.320. The number of hydrogen-bond acceptors (Lipinski definition) is 3. The third-order valence-corrected chi connectivity index (χ3v) is 3.74. The second-order valence-electron chi connectivity index (χ2n) is 4.12. The third kappa shape index (κ3) is 2.67. The zero-order chi connectivity index (χ0) is 11.4. The average Bonchev–Trinajstić information content (AvgIpc) is 2.73. The maximum atomic E-state index is 5.58. The maximum absolute atomic E-state index is 5.58. The highest BCUT2D eigenvalue weighted by atomic mass is 79.9. The molecule has 2 heterocycles. The molecule has 1 aromatic heterocycles. The van der Waals surface area contributed by atoms with Crippen LogP contribution >= 0.6 is 15.9 Å². The molecule has 4 heteroatoms. The quantitative estimate of drug-likeness (QED) is 0.924. The summed E-state index contributed by atoms with van der Waals surface area (Å²) in [5.41, 5.74) is 0. The molecule has 1 unspecified atom stereocenters. The number of rotatable bonds is 4. The minimum Gasteiger partial charge on any atom is -0.466 e. The molecule has 0 spiro atoms. The van der Waals surface area contributed by atoms with Crippen LogP contribution < -0.4 is 5.32 Å². The topological polar surface area (TPSA) is 34.4 Å². The largest absolute Gasteiger partial charge is 0.466 e. The lowest BCUT2D eigenvalue weighted by molar-refractivity contribution is 0.0507. The van der Waals surface area contributed by atoms with Crippen molar-refractivity contribution in [1.29, 1.82) is 0 Å². The Bertz CT molecular complexity index is 321. The minimum absolute atomic E-state index is 0.304. The molecule has 3 nitrogen and oxygen atoms in total. The lowest BCUT2D eigenvalue weighted by Gasteiger charge is -2.29. The van der Waals surface area contributed by atoms with Crippen molar-refractivity contribution in [2.45, 2.75) is 25.8 Å². The lowest BCUT2D eigenvalue weighted by atomic mass is 9.90. The van der Waals surface area contributed by atoms with Crippen molar-refractivity contribution in [1.82, 2.24) is 5.32 Å². The molecular weight excluding hydrogens is 270 g/mol. The van der Waals surface area contributed by atoms with Gasteiger partial charge < -0.3 is 14.5 Å². The predicted molar refractivity (Wildman–Crippen MR) is 66.4 cm³/mol. The normalized spacial score (nSPS) is 19.9. The first-order chi connectivity index (χ1) is 7.83. The van der Waals surface area contributed by atoms with Crippen molar-refractivity contribution in [2.24, 2.45) is 5.92 Å². The molecule has 1 N–H and O–H groups in total. The fourth-order valence-electron chi connectivity index (χ4n) is 2.27. The molecule has 0 radical (unpaired) electrons. The summed E-state index contributed by atoms with van der Waals surface area (Å²) in [5, 5.41) is 3.52. The van der Waals surface area contributed by atoms with E-state index in [0.717, 1.165) is 42.8 Å². The first-order valence-corrected chi connectivity index (χ1v) is 6.66. The molecule has 2 rings (SSSR count). The Kier molecular flexibility index (Phi) is 4.44. The summed E-state index contributed by atoms with van der Waals surface area (Å²) in [6, 6.07) is 2.26. The van der Waals surface area contributed by atoms with E-state index in [9.17, 15) is 0 Å². The summed E-state index contributed by atoms with van der Waals surface area (Å²) in [6.07, 6.45) is 3.94. The van der Waals surface area contributed by atoms with E-state index >= 15 is 0 Å². The van der Waals surface area contributed by atoms with E-state index in [4.69, 9.17) is 9.15 Å². The van der Waals surface area contributed by atoms with Gasteiger partial charge in [0.25, 0.3) is 0 Å². The van der Waals surface area contributed by atoms with E-state index in [2.05, 4.69) is 28.2 Å². The van der Waals surface area contributed by atoms with Crippen LogP contribution in [0.1, 0.15) is 31.6 Å². The van der Waals surface area contributed by atoms with Gasteiger partial charge in [0.1, 0.15) is 5.76 Å². The summed E-state index contributed by atoms with van der Waals surface area (Å²) < 4.78 is 12.0. The monoisotopic (exact) mass is 287 g/mol. The highest BCUT2D eigenvalue weighted by Gasteiger charge is 2.28. The summed E-state index contributed by atoms with van der Waals surface area (Å²) in [7, 11) is 0. The number of ether oxygens (including phenoxy) is 1. The highest BCUT2D eigenvalue weighted by Crippen LogP contribution is 2.34. The molecule has 1 saturated heterocycles. The Balaban J connectivity index is 2.12. The minimum atomic E-state index is 0.304. The van der Waals surface area contributed by atoms with Gasteiger partial charge in [-0.25, -0.2) is 0 Å². The van der Waals surface area contributed by atoms with Crippen LogP contribution in [0.25, 0.3) is 0 Å². The Morgan fingerprint density at radius 3 is 2.81 bits per heavy atom. The molecule has 16 heavy (non-hydrogen) atoms. The van der Waals surface area contributed by atoms with Crippen molar-refractivity contribution in [3.8, 4) is 0 Å². The second-order valence-corrected chi connectivity index (χ2v) is 4.97. The first-order valence-electron chi connectivity index (χ1n) is 5.87. The van der Waals surface area contributed by atoms with E-state index < -0.39 is 0 Å². The van der Waals surface area contributed by atoms with Gasteiger partial charge in [0.15, 0.2) is 0 Å². The summed E-state index contributed by atoms with van der Waals surface area (Å²) in [6.45, 7) is 4.81. The summed E-state index contributed by atoms with van der Waals surface area (Å²) >= 11 is 3.54. The van der Waals surface area contributed by atoms with E-state index in [1.54, 1.807) is 6.26 Å². The molecular formula is C12H18BrNO2. The molecule has 0 saturated carbocycles. The van der Waals surface area contributed by atoms with Gasteiger partial charge in [0.05, 0.1) is 16.8 Å². The van der Waals surface area contributed by atoms with Crippen LogP contribution in [0.15, 0.2) is 21.2 Å². The number of hydrogen-bond donors (Lipinski definition) is 1. The molecule has 0 aliphatic carbocycles. The highest BCUT2D eigenvalue weighted by molar-refractivity contribution is 9.10. The van der Waals surface area contributed by atoms with Gasteiger partial charge in [-0.15, -0.1) is 0 Å². The van der Waals surface area contributed by atoms with Crippen molar-refractivity contribution in [2.75, 3.05) is 19.8 Å². The van der Waals surface area contributed by atoms with Crippen LogP contribution in [0.4, 0.5) is 0 Å². The lowest BCUT2D eigenvalue weighted by Crippen LogP contribution is -2.32. The van der Waals surface area contributed by atoms with Gasteiger partial charge in [-0.3, -0.25) is 0 Å². The Morgan fingerprint density at radius 1 is 1.50 bits per heavy atom. The summed E-state index contributed by atoms with van der Waals surface area (Å²) in [4.78, 5) is 0. The van der Waals surface area contributed by atoms with Crippen LogP contribution in [-0.4, -0.2) is 19.8 Å². The van der Waals surface area contributed by atoms with Crippen LogP contribution in [-0.2, 0) is 4.74 Å². The van der Waals surface area contributed by atoms with Crippen molar-refractivity contribution in [3.05, 3.63) is 22.6 Å². The molecule has 0 amide bonds. The van der Waals surface area contributed by atoms with Crippen molar-refractivity contribution >= 4 is 15.9 Å². The fraction of sp³-hybridized carbons (Fsp3) is 0.667. The Morgan fingerprint density at radius 2 is 2.25 bits per heavy atom. The average molecular weight is 288 g/mol. The van der Waals surface area contributed by atoms with Crippen LogP contribution in [0, 0.1) is 5.92 Å². The SMILES string of the molecule is CCNC(c1occc1Br)C1CCOCC1. The number of furan rings is 1. The van der Waals surface area contributed by atoms with E-state index in [-0.39, 0.29) is 0 Å². The van der Waals surface area contributed by atoms with Gasteiger partial charge in [-0.05, 0) is 47.3 Å². The molecule has 1 aromatic rings. The van der Waals surface area contributed by atoms with E-state index in [0.29, 0.717) is 12.0 Å². The number of halogens is 1. The smallest absolute Gasteiger partial charge is 0.135 e. The van der Waals surface area contributed by atoms with Gasteiger partial charge in [0.2, 0.25) is 0 Å². The molecule has 1 atom stereocenters. The zero-order valence-corrected chi connectivity index (χ0v) is 11.1. The van der Waals surface area contributed by atoms with Gasteiger partial charge in [-0.1, -0.05) is 6.92 Å². The first kappa shape index (κ1) is 12.1. The second kappa shape index (κ2) is 5.84. The standard InChI is InChI=1S/C12H18BrNO2/c1-2-14-11(9-3-6-15-7-4-9)12-10(13)5-8-16-12/h5,8-9,11,14H,2-4,6-7H2,1H3. The summed E-state index contributed by atoms with van der Waals surface area (Å²) in [5.74, 6) is 1.63. The third-order valence-electron chi connectivity index (χ3n) is 3.09. The van der Waals surface area contributed by atoms with Gasteiger partial charge in [0, 0.05) is 13.2 Å². The fourth-order valence-corrected chi connectivity index (χ4v) is 2.72. The van der Waals surface area contributed by atoms with Crippen molar-refractivity contribution in [3.63, 3.8) is 0 Å². The molecule has 0 aromatic carbocycles. The predicted octanol–water partition coefficient (Wildman–Crippen LogP) is 3.12. The van der Waals surface area contributed by atoms with E-state index in [1.807, 2.05) is 6.07 Å². The van der Waals surface area contributed by atoms with Gasteiger partial charge in [-0.2, -0.15) is 0 Å². The molecule has 1 fully saturated rings. The van der Waals surface area contributed by atoms with Gasteiger partial charge >= 0.3 is 0 Å². The maximum Gasteiger partial charge on any atom is 0.135 e. The zero-order valence-electron chi connectivity index (χ0n) is 9.54. The molecule has 1 aliphatic rings. The van der Waals surface area contributed by atoms with Crippen LogP contribution in [0.3, 0.4) is 0 Å². The van der Waals surface area contributed by atoms with Crippen LogP contribution in [0.5, 0.6) is 0 Å². The van der Waals surface area contributed by atoms with Crippen LogP contribution in [0.2, 0.25) is 0 Å². The number of nitrogens with one attached hydrogen (secondary N) is 1. The van der Waals surface area contributed by atoms with Crippen molar-refractivity contribution < 1.29 is 9.15 Å². The molecule has 90 valence electrons. The molecule has 1 aliphatic heterocycles. The Labute approximate surface area is 105 Å². The molecule has 0 bridgehead atoms. The van der Waals surface area contributed by atoms with E-state index in [1.165, 1.54) is 0 Å².